The van der Waals surface area contributed by atoms with E-state index in [1.807, 2.05) is 30.3 Å². The molecule has 2 aromatic carbocycles. The highest BCUT2D eigenvalue weighted by atomic mass is 19.1. The Labute approximate surface area is 158 Å². The number of hydrogen-bond donors (Lipinski definition) is 2. The lowest BCUT2D eigenvalue weighted by molar-refractivity contribution is -0.125. The zero-order chi connectivity index (χ0) is 19.0. The first-order valence-corrected chi connectivity index (χ1v) is 9.65. The second kappa shape index (κ2) is 7.06. The van der Waals surface area contributed by atoms with E-state index in [1.54, 1.807) is 11.0 Å². The van der Waals surface area contributed by atoms with Gasteiger partial charge in [0.15, 0.2) is 0 Å². The Hall–Kier alpha value is -2.24. The fraction of sp³-hybridized carbons (Fsp3) is 0.409. The fourth-order valence-corrected chi connectivity index (χ4v) is 4.80. The van der Waals surface area contributed by atoms with Crippen LogP contribution in [0.25, 0.3) is 0 Å². The van der Waals surface area contributed by atoms with Gasteiger partial charge in [0, 0.05) is 6.54 Å². The Morgan fingerprint density at radius 2 is 1.81 bits per heavy atom. The summed E-state index contributed by atoms with van der Waals surface area (Å²) in [6.07, 6.45) is 3.66. The minimum atomic E-state index is -0.939. The SMILES string of the molecule is NCC(O)C(c1ccccc1)N1C(=O)C2(CCCCC2)c2ccc(F)cc21. The van der Waals surface area contributed by atoms with Crippen molar-refractivity contribution in [2.45, 2.75) is 49.7 Å². The van der Waals surface area contributed by atoms with Crippen LogP contribution in [0.5, 0.6) is 0 Å². The normalized spacial score (nSPS) is 20.6. The number of rotatable bonds is 4. The maximum Gasteiger partial charge on any atom is 0.238 e. The van der Waals surface area contributed by atoms with Crippen LogP contribution >= 0.6 is 0 Å². The van der Waals surface area contributed by atoms with E-state index in [9.17, 15) is 14.3 Å². The van der Waals surface area contributed by atoms with Crippen molar-refractivity contribution >= 4 is 11.6 Å². The third-order valence-electron chi connectivity index (χ3n) is 6.10. The summed E-state index contributed by atoms with van der Waals surface area (Å²) in [5.41, 5.74) is 7.43. The highest BCUT2D eigenvalue weighted by Gasteiger charge is 2.53. The first-order chi connectivity index (χ1) is 13.1. The van der Waals surface area contributed by atoms with Crippen LogP contribution in [0.3, 0.4) is 0 Å². The summed E-state index contributed by atoms with van der Waals surface area (Å²) in [5.74, 6) is -0.419. The molecule has 1 heterocycles. The highest BCUT2D eigenvalue weighted by Crippen LogP contribution is 2.52. The second-order valence-corrected chi connectivity index (χ2v) is 7.64. The summed E-state index contributed by atoms with van der Waals surface area (Å²) in [4.78, 5) is 15.3. The number of fused-ring (bicyclic) bond motifs is 2. The lowest BCUT2D eigenvalue weighted by Gasteiger charge is -2.36. The summed E-state index contributed by atoms with van der Waals surface area (Å²) in [5, 5.41) is 10.7. The number of carbonyl (C=O) groups is 1. The molecule has 1 fully saturated rings. The Morgan fingerprint density at radius 3 is 2.48 bits per heavy atom. The van der Waals surface area contributed by atoms with Crippen molar-refractivity contribution in [3.05, 3.63) is 65.5 Å². The van der Waals surface area contributed by atoms with Gasteiger partial charge in [0.1, 0.15) is 5.82 Å². The molecule has 1 amide bonds. The van der Waals surface area contributed by atoms with Crippen LogP contribution in [0, 0.1) is 5.82 Å². The molecule has 2 unspecified atom stereocenters. The molecule has 142 valence electrons. The van der Waals surface area contributed by atoms with Gasteiger partial charge in [-0.15, -0.1) is 0 Å². The molecule has 1 aliphatic carbocycles. The molecule has 2 atom stereocenters. The van der Waals surface area contributed by atoms with Gasteiger partial charge < -0.3 is 15.7 Å². The van der Waals surface area contributed by atoms with Gasteiger partial charge in [0.05, 0.1) is 23.2 Å². The van der Waals surface area contributed by atoms with Crippen molar-refractivity contribution in [1.82, 2.24) is 0 Å². The van der Waals surface area contributed by atoms with E-state index in [-0.39, 0.29) is 18.3 Å². The first-order valence-electron chi connectivity index (χ1n) is 9.65. The van der Waals surface area contributed by atoms with Gasteiger partial charge >= 0.3 is 0 Å². The Bertz CT molecular complexity index is 833. The van der Waals surface area contributed by atoms with Crippen LogP contribution in [0.15, 0.2) is 48.5 Å². The average molecular weight is 368 g/mol. The number of nitrogens with two attached hydrogens (primary N) is 1. The van der Waals surface area contributed by atoms with Crippen molar-refractivity contribution in [2.75, 3.05) is 11.4 Å². The van der Waals surface area contributed by atoms with E-state index < -0.39 is 17.6 Å². The van der Waals surface area contributed by atoms with Gasteiger partial charge in [0.25, 0.3) is 0 Å². The number of anilines is 1. The van der Waals surface area contributed by atoms with Crippen LogP contribution in [0.2, 0.25) is 0 Å². The molecule has 0 radical (unpaired) electrons. The number of aliphatic hydroxyl groups is 1. The van der Waals surface area contributed by atoms with Gasteiger partial charge in [-0.2, -0.15) is 0 Å². The molecule has 0 bridgehead atoms. The van der Waals surface area contributed by atoms with E-state index in [0.717, 1.165) is 43.2 Å². The Kier molecular flexibility index (Phi) is 4.74. The molecule has 1 aliphatic heterocycles. The number of aliphatic hydroxyl groups excluding tert-OH is 1. The van der Waals surface area contributed by atoms with Crippen molar-refractivity contribution < 1.29 is 14.3 Å². The third kappa shape index (κ3) is 2.86. The highest BCUT2D eigenvalue weighted by molar-refractivity contribution is 6.08. The van der Waals surface area contributed by atoms with Crippen molar-refractivity contribution in [2.24, 2.45) is 5.73 Å². The number of benzene rings is 2. The summed E-state index contributed by atoms with van der Waals surface area (Å²) in [6, 6.07) is 13.4. The van der Waals surface area contributed by atoms with Crippen molar-refractivity contribution in [3.63, 3.8) is 0 Å². The zero-order valence-corrected chi connectivity index (χ0v) is 15.3. The lowest BCUT2D eigenvalue weighted by Crippen LogP contribution is -2.47. The Balaban J connectivity index is 1.88. The molecule has 4 nitrogen and oxygen atoms in total. The van der Waals surface area contributed by atoms with Crippen molar-refractivity contribution in [1.29, 1.82) is 0 Å². The van der Waals surface area contributed by atoms with E-state index in [4.69, 9.17) is 5.73 Å². The average Bonchev–Trinajstić information content (AvgIpc) is 2.92. The van der Waals surface area contributed by atoms with Crippen LogP contribution in [-0.2, 0) is 10.2 Å². The van der Waals surface area contributed by atoms with Crippen LogP contribution in [0.4, 0.5) is 10.1 Å². The van der Waals surface area contributed by atoms with E-state index in [1.165, 1.54) is 12.1 Å². The molecule has 4 rings (SSSR count). The van der Waals surface area contributed by atoms with Crippen molar-refractivity contribution in [3.8, 4) is 0 Å². The van der Waals surface area contributed by atoms with E-state index in [0.29, 0.717) is 5.69 Å². The fourth-order valence-electron chi connectivity index (χ4n) is 4.80. The summed E-state index contributed by atoms with van der Waals surface area (Å²) >= 11 is 0. The maximum absolute atomic E-state index is 14.1. The van der Waals surface area contributed by atoms with Crippen LogP contribution in [-0.4, -0.2) is 23.7 Å². The van der Waals surface area contributed by atoms with Gasteiger partial charge in [-0.3, -0.25) is 4.79 Å². The summed E-state index contributed by atoms with van der Waals surface area (Å²) in [6.45, 7) is 0.0149. The quantitative estimate of drug-likeness (QED) is 0.869. The topological polar surface area (TPSA) is 66.6 Å². The zero-order valence-electron chi connectivity index (χ0n) is 15.3. The standard InChI is InChI=1S/C22H25FN2O2/c23-16-9-10-17-18(13-16)25(21(27)22(17)11-5-2-6-12-22)20(19(26)14-24)15-7-3-1-4-8-15/h1,3-4,7-10,13,19-20,26H,2,5-6,11-12,14,24H2. The largest absolute Gasteiger partial charge is 0.389 e. The third-order valence-corrected chi connectivity index (χ3v) is 6.10. The molecular weight excluding hydrogens is 343 g/mol. The van der Waals surface area contributed by atoms with Gasteiger partial charge in [-0.05, 0) is 36.1 Å². The molecule has 27 heavy (non-hydrogen) atoms. The minimum absolute atomic E-state index is 0.0149. The number of halogens is 1. The predicted molar refractivity (Wildman–Crippen MR) is 103 cm³/mol. The van der Waals surface area contributed by atoms with E-state index in [2.05, 4.69) is 0 Å². The Morgan fingerprint density at radius 1 is 1.11 bits per heavy atom. The number of carbonyl (C=O) groups excluding carboxylic acids is 1. The number of amides is 1. The molecule has 5 heteroatoms. The van der Waals surface area contributed by atoms with Crippen LogP contribution in [0.1, 0.15) is 49.3 Å². The van der Waals surface area contributed by atoms with Crippen LogP contribution < -0.4 is 10.6 Å². The maximum atomic E-state index is 14.1. The lowest BCUT2D eigenvalue weighted by atomic mass is 9.70. The first kappa shape index (κ1) is 18.1. The monoisotopic (exact) mass is 368 g/mol. The molecule has 1 spiro atoms. The molecule has 0 aromatic heterocycles. The minimum Gasteiger partial charge on any atom is -0.389 e. The number of hydrogen-bond acceptors (Lipinski definition) is 3. The molecule has 2 aromatic rings. The smallest absolute Gasteiger partial charge is 0.238 e. The van der Waals surface area contributed by atoms with Gasteiger partial charge in [0.2, 0.25) is 5.91 Å². The van der Waals surface area contributed by atoms with E-state index >= 15 is 0 Å². The second-order valence-electron chi connectivity index (χ2n) is 7.64. The molecule has 2 aliphatic rings. The molecule has 0 saturated heterocycles. The van der Waals surface area contributed by atoms with Gasteiger partial charge in [-0.1, -0.05) is 55.7 Å². The predicted octanol–water partition coefficient (Wildman–Crippen LogP) is 3.44. The molecule has 3 N–H and O–H groups in total. The summed E-state index contributed by atoms with van der Waals surface area (Å²) in [7, 11) is 0. The van der Waals surface area contributed by atoms with Gasteiger partial charge in [-0.25, -0.2) is 4.39 Å². The molecule has 1 saturated carbocycles. The molecular formula is C22H25FN2O2. The number of nitrogens with zero attached hydrogens (tertiary/aromatic N) is 1. The summed E-state index contributed by atoms with van der Waals surface area (Å²) < 4.78 is 14.1.